The highest BCUT2D eigenvalue weighted by Crippen LogP contribution is 2.39. The van der Waals surface area contributed by atoms with E-state index in [0.717, 1.165) is 27.6 Å². The number of benzene rings is 1. The van der Waals surface area contributed by atoms with Crippen molar-refractivity contribution in [2.24, 2.45) is 0 Å². The molecule has 3 heteroatoms. The molecule has 0 spiro atoms. The van der Waals surface area contributed by atoms with Crippen LogP contribution in [0.4, 0.5) is 0 Å². The molecule has 0 saturated carbocycles. The highest BCUT2D eigenvalue weighted by atomic mass is 16.4. The summed E-state index contributed by atoms with van der Waals surface area (Å²) >= 11 is 0. The quantitative estimate of drug-likeness (QED) is 0.829. The number of carbonyl (C=O) groups is 1. The Hall–Kier alpha value is -1.77. The molecule has 0 amide bonds. The fraction of sp³-hybridized carbons (Fsp3) is 0.438. The van der Waals surface area contributed by atoms with Gasteiger partial charge in [-0.05, 0) is 42.9 Å². The van der Waals surface area contributed by atoms with E-state index in [2.05, 4.69) is 6.07 Å². The predicted octanol–water partition coefficient (Wildman–Crippen LogP) is 4.35. The Morgan fingerprint density at radius 3 is 2.21 bits per heavy atom. The van der Waals surface area contributed by atoms with Crippen molar-refractivity contribution in [2.75, 3.05) is 0 Å². The van der Waals surface area contributed by atoms with Crippen molar-refractivity contribution >= 4 is 16.9 Å². The molecule has 1 aromatic carbocycles. The van der Waals surface area contributed by atoms with E-state index in [0.29, 0.717) is 5.58 Å². The fourth-order valence-electron chi connectivity index (χ4n) is 2.62. The summed E-state index contributed by atoms with van der Waals surface area (Å²) in [6, 6.07) is 2.09. The summed E-state index contributed by atoms with van der Waals surface area (Å²) in [6.45, 7) is 12.0. The largest absolute Gasteiger partial charge is 0.475 e. The zero-order chi connectivity index (χ0) is 14.5. The van der Waals surface area contributed by atoms with Crippen molar-refractivity contribution in [1.82, 2.24) is 0 Å². The molecule has 0 fully saturated rings. The van der Waals surface area contributed by atoms with Crippen LogP contribution in [0.1, 0.15) is 53.6 Å². The van der Waals surface area contributed by atoms with Crippen LogP contribution in [0.5, 0.6) is 0 Å². The van der Waals surface area contributed by atoms with Crippen LogP contribution in [-0.2, 0) is 5.41 Å². The van der Waals surface area contributed by atoms with Gasteiger partial charge in [-0.1, -0.05) is 26.8 Å². The van der Waals surface area contributed by atoms with E-state index < -0.39 is 5.97 Å². The molecular weight excluding hydrogens is 240 g/mol. The van der Waals surface area contributed by atoms with Crippen LogP contribution >= 0.6 is 0 Å². The number of aromatic carboxylic acids is 1. The molecular formula is C16H20O3. The molecule has 0 aliphatic rings. The lowest BCUT2D eigenvalue weighted by Gasteiger charge is -2.19. The standard InChI is InChI=1S/C16H20O3/c1-8-7-9(2)11-12(16(4,5)6)14(15(17)18)19-13(11)10(8)3/h7H,1-6H3,(H,17,18). The molecule has 2 aromatic rings. The van der Waals surface area contributed by atoms with Crippen molar-refractivity contribution in [1.29, 1.82) is 0 Å². The summed E-state index contributed by atoms with van der Waals surface area (Å²) in [7, 11) is 0. The van der Waals surface area contributed by atoms with Gasteiger partial charge in [-0.2, -0.15) is 0 Å². The molecule has 3 nitrogen and oxygen atoms in total. The smallest absolute Gasteiger partial charge is 0.372 e. The molecule has 1 aromatic heterocycles. The number of aryl methyl sites for hydroxylation is 3. The third kappa shape index (κ3) is 2.03. The van der Waals surface area contributed by atoms with Gasteiger partial charge in [-0.3, -0.25) is 0 Å². The topological polar surface area (TPSA) is 50.4 Å². The first-order valence-corrected chi connectivity index (χ1v) is 6.41. The summed E-state index contributed by atoms with van der Waals surface area (Å²) in [5.41, 5.74) is 4.43. The third-order valence-corrected chi connectivity index (χ3v) is 3.61. The molecule has 2 rings (SSSR count). The van der Waals surface area contributed by atoms with E-state index in [4.69, 9.17) is 4.42 Å². The van der Waals surface area contributed by atoms with Crippen molar-refractivity contribution in [3.8, 4) is 0 Å². The van der Waals surface area contributed by atoms with Crippen LogP contribution in [-0.4, -0.2) is 11.1 Å². The van der Waals surface area contributed by atoms with Gasteiger partial charge in [0.1, 0.15) is 5.58 Å². The first-order chi connectivity index (χ1) is 8.64. The Morgan fingerprint density at radius 1 is 1.16 bits per heavy atom. The molecule has 0 radical (unpaired) electrons. The van der Waals surface area contributed by atoms with E-state index in [1.807, 2.05) is 41.5 Å². The average molecular weight is 260 g/mol. The highest BCUT2D eigenvalue weighted by molar-refractivity contribution is 5.98. The van der Waals surface area contributed by atoms with Gasteiger partial charge in [0.05, 0.1) is 0 Å². The summed E-state index contributed by atoms with van der Waals surface area (Å²) in [5.74, 6) is -0.933. The molecule has 1 N–H and O–H groups in total. The first kappa shape index (κ1) is 13.7. The van der Waals surface area contributed by atoms with Gasteiger partial charge in [-0.15, -0.1) is 0 Å². The van der Waals surface area contributed by atoms with Gasteiger partial charge in [0, 0.05) is 10.9 Å². The van der Waals surface area contributed by atoms with Crippen LogP contribution in [0.2, 0.25) is 0 Å². The van der Waals surface area contributed by atoms with E-state index in [-0.39, 0.29) is 11.2 Å². The summed E-state index contributed by atoms with van der Waals surface area (Å²) in [4.78, 5) is 11.5. The number of rotatable bonds is 1. The number of furan rings is 1. The minimum Gasteiger partial charge on any atom is -0.475 e. The molecule has 1 heterocycles. The lowest BCUT2D eigenvalue weighted by Crippen LogP contribution is -2.15. The SMILES string of the molecule is Cc1cc(C)c2c(C(C)(C)C)c(C(=O)O)oc2c1C. The normalized spacial score (nSPS) is 12.1. The number of carboxylic acid groups (broad SMARTS) is 1. The van der Waals surface area contributed by atoms with Crippen LogP contribution in [0.25, 0.3) is 11.0 Å². The molecule has 0 aliphatic heterocycles. The van der Waals surface area contributed by atoms with E-state index in [1.54, 1.807) is 0 Å². The molecule has 0 atom stereocenters. The molecule has 19 heavy (non-hydrogen) atoms. The molecule has 0 aliphatic carbocycles. The second kappa shape index (κ2) is 4.12. The van der Waals surface area contributed by atoms with Crippen LogP contribution < -0.4 is 0 Å². The van der Waals surface area contributed by atoms with E-state index in [9.17, 15) is 9.90 Å². The second-order valence-electron chi connectivity index (χ2n) is 6.20. The Balaban J connectivity index is 3.03. The Bertz CT molecular complexity index is 670. The number of carboxylic acids is 1. The number of hydrogen-bond acceptors (Lipinski definition) is 2. The maximum absolute atomic E-state index is 11.5. The summed E-state index contributed by atoms with van der Waals surface area (Å²) < 4.78 is 5.68. The monoisotopic (exact) mass is 260 g/mol. The van der Waals surface area contributed by atoms with Crippen molar-refractivity contribution in [3.05, 3.63) is 34.1 Å². The van der Waals surface area contributed by atoms with Crippen LogP contribution in [0.15, 0.2) is 10.5 Å². The molecule has 0 saturated heterocycles. The minimum atomic E-state index is -1.00. The van der Waals surface area contributed by atoms with E-state index in [1.165, 1.54) is 0 Å². The van der Waals surface area contributed by atoms with Crippen LogP contribution in [0.3, 0.4) is 0 Å². The lowest BCUT2D eigenvalue weighted by molar-refractivity contribution is 0.0661. The van der Waals surface area contributed by atoms with Gasteiger partial charge in [0.15, 0.2) is 0 Å². The maximum atomic E-state index is 11.5. The Labute approximate surface area is 113 Å². The average Bonchev–Trinajstić information content (AvgIpc) is 2.66. The van der Waals surface area contributed by atoms with Gasteiger partial charge in [0.25, 0.3) is 0 Å². The van der Waals surface area contributed by atoms with Crippen LogP contribution in [0, 0.1) is 20.8 Å². The van der Waals surface area contributed by atoms with Gasteiger partial charge >= 0.3 is 5.97 Å². The van der Waals surface area contributed by atoms with Crippen molar-refractivity contribution < 1.29 is 14.3 Å². The van der Waals surface area contributed by atoms with Crippen molar-refractivity contribution in [2.45, 2.75) is 47.0 Å². The molecule has 0 bridgehead atoms. The van der Waals surface area contributed by atoms with Gasteiger partial charge in [0.2, 0.25) is 5.76 Å². The Kier molecular flexibility index (Phi) is 2.96. The third-order valence-electron chi connectivity index (χ3n) is 3.61. The summed E-state index contributed by atoms with van der Waals surface area (Å²) in [6.07, 6.45) is 0. The Morgan fingerprint density at radius 2 is 1.74 bits per heavy atom. The minimum absolute atomic E-state index is 0.0688. The maximum Gasteiger partial charge on any atom is 0.372 e. The highest BCUT2D eigenvalue weighted by Gasteiger charge is 2.30. The zero-order valence-corrected chi connectivity index (χ0v) is 12.3. The predicted molar refractivity (Wildman–Crippen MR) is 76.1 cm³/mol. The lowest BCUT2D eigenvalue weighted by atomic mass is 9.83. The second-order valence-corrected chi connectivity index (χ2v) is 6.20. The number of fused-ring (bicyclic) bond motifs is 1. The number of hydrogen-bond donors (Lipinski definition) is 1. The van der Waals surface area contributed by atoms with Crippen molar-refractivity contribution in [3.63, 3.8) is 0 Å². The zero-order valence-electron chi connectivity index (χ0n) is 12.3. The van der Waals surface area contributed by atoms with E-state index >= 15 is 0 Å². The molecule has 102 valence electrons. The first-order valence-electron chi connectivity index (χ1n) is 6.41. The van der Waals surface area contributed by atoms with Gasteiger partial charge < -0.3 is 9.52 Å². The fourth-order valence-corrected chi connectivity index (χ4v) is 2.62. The summed E-state index contributed by atoms with van der Waals surface area (Å²) in [5, 5.41) is 10.3. The molecule has 0 unspecified atom stereocenters. The van der Waals surface area contributed by atoms with Gasteiger partial charge in [-0.25, -0.2) is 4.79 Å².